The Balaban J connectivity index is 2.23. The lowest BCUT2D eigenvalue weighted by molar-refractivity contribution is -0.384. The van der Waals surface area contributed by atoms with Gasteiger partial charge in [0, 0.05) is 44.0 Å². The van der Waals surface area contributed by atoms with Crippen molar-refractivity contribution in [2.24, 2.45) is 7.05 Å². The highest BCUT2D eigenvalue weighted by molar-refractivity contribution is 5.95. The molecule has 1 unspecified atom stereocenters. The van der Waals surface area contributed by atoms with Crippen LogP contribution >= 0.6 is 0 Å². The molecule has 0 saturated carbocycles. The van der Waals surface area contributed by atoms with Crippen LogP contribution < -0.4 is 10.6 Å². The molecule has 0 aliphatic rings. The van der Waals surface area contributed by atoms with Crippen molar-refractivity contribution in [1.29, 1.82) is 0 Å². The zero-order valence-corrected chi connectivity index (χ0v) is 14.7. The number of hydrogen-bond acceptors (Lipinski definition) is 6. The van der Waals surface area contributed by atoms with Gasteiger partial charge in [-0.15, -0.1) is 0 Å². The van der Waals surface area contributed by atoms with Crippen LogP contribution in [0.2, 0.25) is 0 Å². The van der Waals surface area contributed by atoms with Gasteiger partial charge in [-0.1, -0.05) is 0 Å². The number of aryl methyl sites for hydroxylation is 1. The Kier molecular flexibility index (Phi) is 5.71. The van der Waals surface area contributed by atoms with Gasteiger partial charge in [0.2, 0.25) is 0 Å². The van der Waals surface area contributed by atoms with Gasteiger partial charge in [0.05, 0.1) is 17.2 Å². The van der Waals surface area contributed by atoms with E-state index in [1.165, 1.54) is 13.1 Å². The summed E-state index contributed by atoms with van der Waals surface area (Å²) in [5.74, 6) is -0.365. The third-order valence-electron chi connectivity index (χ3n) is 3.90. The fourth-order valence-electron chi connectivity index (χ4n) is 2.54. The first kappa shape index (κ1) is 18.4. The van der Waals surface area contributed by atoms with Gasteiger partial charge >= 0.3 is 0 Å². The quantitative estimate of drug-likeness (QED) is 0.580. The Hall–Kier alpha value is -2.94. The van der Waals surface area contributed by atoms with E-state index in [1.54, 1.807) is 23.0 Å². The number of nitro benzene ring substituents is 1. The normalized spacial score (nSPS) is 12.0. The number of nitrogens with zero attached hydrogens (tertiary/aromatic N) is 4. The fraction of sp³-hybridized carbons (Fsp3) is 0.375. The van der Waals surface area contributed by atoms with Crippen molar-refractivity contribution in [3.63, 3.8) is 0 Å². The van der Waals surface area contributed by atoms with Crippen LogP contribution in [0, 0.1) is 10.1 Å². The zero-order valence-electron chi connectivity index (χ0n) is 14.7. The Morgan fingerprint density at radius 2 is 2.16 bits per heavy atom. The van der Waals surface area contributed by atoms with Gasteiger partial charge in [-0.05, 0) is 26.2 Å². The molecule has 1 heterocycles. The SMILES string of the molecule is CNC(=O)c1ccc(NCC(c2cnn(C)c2)N(C)C)c([N+](=O)[O-])c1. The molecule has 1 atom stereocenters. The first-order valence-electron chi connectivity index (χ1n) is 7.72. The topological polar surface area (TPSA) is 105 Å². The smallest absolute Gasteiger partial charge is 0.293 e. The predicted octanol–water partition coefficient (Wildman–Crippen LogP) is 1.40. The van der Waals surface area contributed by atoms with Crippen molar-refractivity contribution in [2.45, 2.75) is 6.04 Å². The second-order valence-electron chi connectivity index (χ2n) is 5.88. The van der Waals surface area contributed by atoms with Crippen molar-refractivity contribution < 1.29 is 9.72 Å². The van der Waals surface area contributed by atoms with Gasteiger partial charge < -0.3 is 15.5 Å². The molecular weight excluding hydrogens is 324 g/mol. The number of carbonyl (C=O) groups is 1. The van der Waals surface area contributed by atoms with Gasteiger partial charge in [-0.2, -0.15) is 5.10 Å². The maximum absolute atomic E-state index is 11.7. The molecule has 1 aromatic carbocycles. The minimum absolute atomic E-state index is 0.00748. The monoisotopic (exact) mass is 346 g/mol. The van der Waals surface area contributed by atoms with Gasteiger partial charge in [0.1, 0.15) is 5.69 Å². The molecule has 0 radical (unpaired) electrons. The lowest BCUT2D eigenvalue weighted by Crippen LogP contribution is -2.26. The highest BCUT2D eigenvalue weighted by atomic mass is 16.6. The summed E-state index contributed by atoms with van der Waals surface area (Å²) in [7, 11) is 7.19. The number of amides is 1. The highest BCUT2D eigenvalue weighted by Crippen LogP contribution is 2.27. The molecule has 0 aliphatic heterocycles. The van der Waals surface area contributed by atoms with Crippen LogP contribution in [0.1, 0.15) is 22.0 Å². The Labute approximate surface area is 145 Å². The van der Waals surface area contributed by atoms with E-state index in [1.807, 2.05) is 32.2 Å². The second-order valence-corrected chi connectivity index (χ2v) is 5.88. The van der Waals surface area contributed by atoms with Crippen LogP contribution in [0.4, 0.5) is 11.4 Å². The van der Waals surface area contributed by atoms with E-state index in [4.69, 9.17) is 0 Å². The van der Waals surface area contributed by atoms with Crippen LogP contribution in [-0.2, 0) is 7.05 Å². The predicted molar refractivity (Wildman–Crippen MR) is 94.6 cm³/mol. The molecule has 2 rings (SSSR count). The van der Waals surface area contributed by atoms with Crippen LogP contribution in [-0.4, -0.2) is 53.2 Å². The van der Waals surface area contributed by atoms with Crippen molar-refractivity contribution in [2.75, 3.05) is 33.0 Å². The molecular formula is C16H22N6O3. The van der Waals surface area contributed by atoms with E-state index < -0.39 is 4.92 Å². The first-order valence-corrected chi connectivity index (χ1v) is 7.72. The molecule has 0 bridgehead atoms. The Morgan fingerprint density at radius 1 is 1.44 bits per heavy atom. The molecule has 1 aromatic heterocycles. The minimum atomic E-state index is -0.497. The summed E-state index contributed by atoms with van der Waals surface area (Å²) in [6.45, 7) is 0.457. The largest absolute Gasteiger partial charge is 0.378 e. The highest BCUT2D eigenvalue weighted by Gasteiger charge is 2.20. The third kappa shape index (κ3) is 4.32. The van der Waals surface area contributed by atoms with E-state index in [0.717, 1.165) is 5.56 Å². The molecule has 2 aromatic rings. The summed E-state index contributed by atoms with van der Waals surface area (Å²) < 4.78 is 1.71. The summed E-state index contributed by atoms with van der Waals surface area (Å²) in [5.41, 5.74) is 1.49. The maximum Gasteiger partial charge on any atom is 0.293 e. The number of likely N-dealkylation sites (N-methyl/N-ethyl adjacent to an activating group) is 1. The van der Waals surface area contributed by atoms with Crippen LogP contribution in [0.3, 0.4) is 0 Å². The molecule has 2 N–H and O–H groups in total. The van der Waals surface area contributed by atoms with Gasteiger partial charge in [-0.25, -0.2) is 0 Å². The molecule has 0 fully saturated rings. The number of nitrogens with one attached hydrogen (secondary N) is 2. The minimum Gasteiger partial charge on any atom is -0.378 e. The van der Waals surface area contributed by atoms with Crippen LogP contribution in [0.25, 0.3) is 0 Å². The van der Waals surface area contributed by atoms with Crippen molar-refractivity contribution in [1.82, 2.24) is 20.0 Å². The number of carbonyl (C=O) groups excluding carboxylic acids is 1. The third-order valence-corrected chi connectivity index (χ3v) is 3.90. The summed E-state index contributed by atoms with van der Waals surface area (Å²) in [5, 5.41) is 21.1. The number of rotatable bonds is 7. The van der Waals surface area contributed by atoms with E-state index in [0.29, 0.717) is 12.2 Å². The second kappa shape index (κ2) is 7.75. The zero-order chi connectivity index (χ0) is 18.6. The average Bonchev–Trinajstić information content (AvgIpc) is 3.00. The van der Waals surface area contributed by atoms with Crippen molar-refractivity contribution in [3.05, 3.63) is 51.8 Å². The number of anilines is 1. The summed E-state index contributed by atoms with van der Waals surface area (Å²) in [6.07, 6.45) is 3.69. The van der Waals surface area contributed by atoms with E-state index in [-0.39, 0.29) is 23.2 Å². The number of hydrogen-bond donors (Lipinski definition) is 2. The van der Waals surface area contributed by atoms with Crippen molar-refractivity contribution in [3.8, 4) is 0 Å². The Bertz CT molecular complexity index is 771. The molecule has 25 heavy (non-hydrogen) atoms. The number of benzene rings is 1. The molecule has 1 amide bonds. The summed E-state index contributed by atoms with van der Waals surface area (Å²) in [6, 6.07) is 4.38. The van der Waals surface area contributed by atoms with Gasteiger partial charge in [0.25, 0.3) is 11.6 Å². The van der Waals surface area contributed by atoms with E-state index >= 15 is 0 Å². The first-order chi connectivity index (χ1) is 11.8. The number of aromatic nitrogens is 2. The fourth-order valence-corrected chi connectivity index (χ4v) is 2.54. The molecule has 0 aliphatic carbocycles. The summed E-state index contributed by atoms with van der Waals surface area (Å²) in [4.78, 5) is 24.5. The van der Waals surface area contributed by atoms with E-state index in [9.17, 15) is 14.9 Å². The average molecular weight is 346 g/mol. The van der Waals surface area contributed by atoms with E-state index in [2.05, 4.69) is 15.7 Å². The lowest BCUT2D eigenvalue weighted by atomic mass is 10.1. The van der Waals surface area contributed by atoms with Crippen LogP contribution in [0.15, 0.2) is 30.6 Å². The lowest BCUT2D eigenvalue weighted by Gasteiger charge is -2.24. The van der Waals surface area contributed by atoms with Crippen LogP contribution in [0.5, 0.6) is 0 Å². The van der Waals surface area contributed by atoms with Gasteiger partial charge in [0.15, 0.2) is 0 Å². The molecule has 0 saturated heterocycles. The molecule has 9 heteroatoms. The summed E-state index contributed by atoms with van der Waals surface area (Å²) >= 11 is 0. The van der Waals surface area contributed by atoms with Gasteiger partial charge in [-0.3, -0.25) is 19.6 Å². The number of nitro groups is 1. The molecule has 0 spiro atoms. The molecule has 134 valence electrons. The Morgan fingerprint density at radius 3 is 2.68 bits per heavy atom. The standard InChI is InChI=1S/C16H22N6O3/c1-17-16(23)11-5-6-13(14(7-11)22(24)25)18-9-15(20(2)3)12-8-19-21(4)10-12/h5-8,10,15,18H,9H2,1-4H3,(H,17,23). The maximum atomic E-state index is 11.7. The molecule has 9 nitrogen and oxygen atoms in total. The van der Waals surface area contributed by atoms with Crippen molar-refractivity contribution >= 4 is 17.3 Å².